The zero-order valence-corrected chi connectivity index (χ0v) is 16.5. The maximum absolute atomic E-state index is 6.18. The van der Waals surface area contributed by atoms with Crippen LogP contribution in [0.5, 0.6) is 0 Å². The standard InChI is InChI=1S/C19H19N9S/c1-12-7-9-13(10-8-12)16-26-27-19(28(16)21)29-11-15-23-17(20)25-18(24-15)22-14-5-3-2-4-6-14/h2-10H,11,21H2,1H3,(H3,20,22,23,24,25). The van der Waals surface area contributed by atoms with Gasteiger partial charge < -0.3 is 16.9 Å². The van der Waals surface area contributed by atoms with Crippen molar-refractivity contribution in [3.63, 3.8) is 0 Å². The number of aromatic nitrogens is 6. The van der Waals surface area contributed by atoms with E-state index in [4.69, 9.17) is 11.6 Å². The molecule has 2 aromatic heterocycles. The van der Waals surface area contributed by atoms with Crippen molar-refractivity contribution < 1.29 is 0 Å². The molecule has 0 aliphatic heterocycles. The Bertz CT molecular complexity index is 1110. The molecule has 9 nitrogen and oxygen atoms in total. The van der Waals surface area contributed by atoms with Crippen molar-refractivity contribution in [3.05, 3.63) is 66.0 Å². The van der Waals surface area contributed by atoms with E-state index < -0.39 is 0 Å². The van der Waals surface area contributed by atoms with Crippen LogP contribution in [0.4, 0.5) is 17.6 Å². The summed E-state index contributed by atoms with van der Waals surface area (Å²) in [7, 11) is 0. The van der Waals surface area contributed by atoms with Gasteiger partial charge in [-0.05, 0) is 19.1 Å². The van der Waals surface area contributed by atoms with E-state index in [1.807, 2.05) is 61.5 Å². The van der Waals surface area contributed by atoms with Gasteiger partial charge in [-0.1, -0.05) is 59.8 Å². The van der Waals surface area contributed by atoms with Crippen LogP contribution < -0.4 is 16.9 Å². The van der Waals surface area contributed by atoms with E-state index in [1.165, 1.54) is 22.0 Å². The van der Waals surface area contributed by atoms with E-state index in [9.17, 15) is 0 Å². The summed E-state index contributed by atoms with van der Waals surface area (Å²) in [4.78, 5) is 12.7. The zero-order valence-electron chi connectivity index (χ0n) is 15.6. The van der Waals surface area contributed by atoms with E-state index in [1.54, 1.807) is 0 Å². The van der Waals surface area contributed by atoms with E-state index >= 15 is 0 Å². The molecule has 4 rings (SSSR count). The second-order valence-electron chi connectivity index (χ2n) is 6.26. The van der Waals surface area contributed by atoms with Crippen LogP contribution in [0.15, 0.2) is 59.8 Å². The maximum Gasteiger partial charge on any atom is 0.232 e. The maximum atomic E-state index is 6.18. The van der Waals surface area contributed by atoms with Crippen molar-refractivity contribution in [2.24, 2.45) is 0 Å². The van der Waals surface area contributed by atoms with Gasteiger partial charge in [-0.2, -0.15) is 15.0 Å². The number of thioether (sulfide) groups is 1. The predicted molar refractivity (Wildman–Crippen MR) is 114 cm³/mol. The first kappa shape index (κ1) is 18.7. The van der Waals surface area contributed by atoms with Gasteiger partial charge in [0.15, 0.2) is 5.82 Å². The minimum absolute atomic E-state index is 0.142. The van der Waals surface area contributed by atoms with Gasteiger partial charge in [-0.15, -0.1) is 10.2 Å². The lowest BCUT2D eigenvalue weighted by Crippen LogP contribution is -2.12. The van der Waals surface area contributed by atoms with Gasteiger partial charge in [0.2, 0.25) is 17.1 Å². The van der Waals surface area contributed by atoms with E-state index in [0.717, 1.165) is 11.3 Å². The number of nitrogen functional groups attached to an aromatic ring is 2. The summed E-state index contributed by atoms with van der Waals surface area (Å²) in [6.07, 6.45) is 0. The summed E-state index contributed by atoms with van der Waals surface area (Å²) >= 11 is 1.37. The van der Waals surface area contributed by atoms with Gasteiger partial charge in [0.25, 0.3) is 0 Å². The summed E-state index contributed by atoms with van der Waals surface area (Å²) in [5, 5.41) is 12.0. The molecule has 29 heavy (non-hydrogen) atoms. The number of anilines is 3. The monoisotopic (exact) mass is 405 g/mol. The number of benzene rings is 2. The fourth-order valence-corrected chi connectivity index (χ4v) is 3.32. The quantitative estimate of drug-likeness (QED) is 0.327. The van der Waals surface area contributed by atoms with Crippen molar-refractivity contribution in [1.82, 2.24) is 29.8 Å². The molecular weight excluding hydrogens is 386 g/mol. The molecule has 5 N–H and O–H groups in total. The first-order valence-electron chi connectivity index (χ1n) is 8.81. The third-order valence-corrected chi connectivity index (χ3v) is 4.97. The Kier molecular flexibility index (Phi) is 5.25. The van der Waals surface area contributed by atoms with Gasteiger partial charge in [0.1, 0.15) is 5.82 Å². The van der Waals surface area contributed by atoms with Gasteiger partial charge in [0, 0.05) is 11.3 Å². The lowest BCUT2D eigenvalue weighted by atomic mass is 10.1. The number of rotatable bonds is 6. The Balaban J connectivity index is 1.49. The molecule has 0 aliphatic rings. The highest BCUT2D eigenvalue weighted by Gasteiger charge is 2.14. The number of nitrogens with two attached hydrogens (primary N) is 2. The third kappa shape index (κ3) is 4.43. The van der Waals surface area contributed by atoms with Crippen LogP contribution in [0.25, 0.3) is 11.4 Å². The molecule has 0 unspecified atom stereocenters. The molecule has 2 aromatic carbocycles. The third-order valence-electron chi connectivity index (χ3n) is 4.03. The van der Waals surface area contributed by atoms with Crippen LogP contribution in [-0.4, -0.2) is 29.8 Å². The van der Waals surface area contributed by atoms with Crippen LogP contribution in [0.2, 0.25) is 0 Å². The molecule has 0 saturated carbocycles. The molecular formula is C19H19N9S. The largest absolute Gasteiger partial charge is 0.368 e. The van der Waals surface area contributed by atoms with E-state index in [0.29, 0.717) is 28.5 Å². The Labute approximate surface area is 171 Å². The summed E-state index contributed by atoms with van der Waals surface area (Å²) in [6.45, 7) is 2.03. The van der Waals surface area contributed by atoms with Crippen molar-refractivity contribution in [2.45, 2.75) is 17.8 Å². The molecule has 0 bridgehead atoms. The number of nitrogens with one attached hydrogen (secondary N) is 1. The number of aryl methyl sites for hydroxylation is 1. The second-order valence-corrected chi connectivity index (χ2v) is 7.20. The van der Waals surface area contributed by atoms with Gasteiger partial charge in [0.05, 0.1) is 5.75 Å². The van der Waals surface area contributed by atoms with Crippen molar-refractivity contribution in [1.29, 1.82) is 0 Å². The van der Waals surface area contributed by atoms with Crippen LogP contribution in [-0.2, 0) is 5.75 Å². The lowest BCUT2D eigenvalue weighted by molar-refractivity contribution is 0.847. The molecule has 0 amide bonds. The topological polar surface area (TPSA) is 133 Å². The SMILES string of the molecule is Cc1ccc(-c2nnc(SCc3nc(N)nc(Nc4ccccc4)n3)n2N)cc1. The van der Waals surface area contributed by atoms with Crippen LogP contribution in [0.3, 0.4) is 0 Å². The molecule has 0 saturated heterocycles. The molecule has 0 spiro atoms. The fourth-order valence-electron chi connectivity index (χ4n) is 2.61. The Morgan fingerprint density at radius 3 is 2.48 bits per heavy atom. The van der Waals surface area contributed by atoms with E-state index in [-0.39, 0.29) is 5.95 Å². The average Bonchev–Trinajstić information content (AvgIpc) is 3.08. The van der Waals surface area contributed by atoms with Crippen molar-refractivity contribution >= 4 is 29.3 Å². The van der Waals surface area contributed by atoms with Crippen molar-refractivity contribution in [2.75, 3.05) is 16.9 Å². The fraction of sp³-hybridized carbons (Fsp3) is 0.105. The first-order chi connectivity index (χ1) is 14.1. The highest BCUT2D eigenvalue weighted by atomic mass is 32.2. The number of hydrogen-bond acceptors (Lipinski definition) is 9. The van der Waals surface area contributed by atoms with Gasteiger partial charge in [-0.25, -0.2) is 4.68 Å². The molecule has 0 radical (unpaired) electrons. The van der Waals surface area contributed by atoms with Crippen LogP contribution in [0.1, 0.15) is 11.4 Å². The summed E-state index contributed by atoms with van der Waals surface area (Å²) in [5.74, 6) is 8.23. The molecule has 2 heterocycles. The minimum atomic E-state index is 0.142. The summed E-state index contributed by atoms with van der Waals surface area (Å²) < 4.78 is 1.46. The van der Waals surface area contributed by atoms with Crippen LogP contribution >= 0.6 is 11.8 Å². The summed E-state index contributed by atoms with van der Waals surface area (Å²) in [5.41, 5.74) is 8.76. The summed E-state index contributed by atoms with van der Waals surface area (Å²) in [6, 6.07) is 17.5. The molecule has 146 valence electrons. The molecule has 4 aromatic rings. The Morgan fingerprint density at radius 1 is 0.966 bits per heavy atom. The number of nitrogens with zero attached hydrogens (tertiary/aromatic N) is 6. The molecule has 0 fully saturated rings. The number of hydrogen-bond donors (Lipinski definition) is 3. The highest BCUT2D eigenvalue weighted by molar-refractivity contribution is 7.98. The predicted octanol–water partition coefficient (Wildman–Crippen LogP) is 2.77. The average molecular weight is 405 g/mol. The molecule has 10 heteroatoms. The smallest absolute Gasteiger partial charge is 0.232 e. The van der Waals surface area contributed by atoms with Gasteiger partial charge in [-0.3, -0.25) is 0 Å². The van der Waals surface area contributed by atoms with Crippen molar-refractivity contribution in [3.8, 4) is 11.4 Å². The normalized spacial score (nSPS) is 10.8. The molecule has 0 aliphatic carbocycles. The van der Waals surface area contributed by atoms with E-state index in [2.05, 4.69) is 30.5 Å². The second kappa shape index (κ2) is 8.15. The van der Waals surface area contributed by atoms with Crippen LogP contribution in [0, 0.1) is 6.92 Å². The zero-order chi connectivity index (χ0) is 20.2. The number of para-hydroxylation sites is 1. The first-order valence-corrected chi connectivity index (χ1v) is 9.80. The Morgan fingerprint density at radius 2 is 1.72 bits per heavy atom. The Hall–Kier alpha value is -3.66. The minimum Gasteiger partial charge on any atom is -0.368 e. The lowest BCUT2D eigenvalue weighted by Gasteiger charge is -2.07. The van der Waals surface area contributed by atoms with Gasteiger partial charge >= 0.3 is 0 Å². The molecule has 0 atom stereocenters. The highest BCUT2D eigenvalue weighted by Crippen LogP contribution is 2.24.